The van der Waals surface area contributed by atoms with Crippen LogP contribution in [0.3, 0.4) is 0 Å². The van der Waals surface area contributed by atoms with Crippen LogP contribution in [-0.4, -0.2) is 33.0 Å². The monoisotopic (exact) mass is 575 g/mol. The Hall–Kier alpha value is -4.13. The Balaban J connectivity index is 1.69. The fraction of sp³-hybridized carbons (Fsp3) is 0.0833. The van der Waals surface area contributed by atoms with Gasteiger partial charge in [-0.25, -0.2) is 0 Å². The van der Waals surface area contributed by atoms with Gasteiger partial charge >= 0.3 is 5.69 Å². The van der Waals surface area contributed by atoms with Crippen LogP contribution in [0, 0.1) is 20.2 Å². The number of rotatable bonds is 8. The van der Waals surface area contributed by atoms with E-state index in [1.54, 1.807) is 24.3 Å². The van der Waals surface area contributed by atoms with Crippen LogP contribution in [0.5, 0.6) is 17.2 Å². The highest BCUT2D eigenvalue weighted by molar-refractivity contribution is 8.18. The third kappa shape index (κ3) is 5.57. The molecule has 1 aliphatic rings. The summed E-state index contributed by atoms with van der Waals surface area (Å²) in [6.07, 6.45) is 1.39. The number of carbonyl (C=O) groups is 2. The predicted molar refractivity (Wildman–Crippen MR) is 141 cm³/mol. The SMILES string of the molecule is COc1cccc(/C=C2/SC(=O)N(Cc3ccc(Cl)cc3Cl)C2=O)c1Oc1ccc([N+](=O)[O-])cc1[N+](=O)[O-]. The maximum Gasteiger partial charge on any atom is 0.318 e. The number of nitrogens with zero attached hydrogens (tertiary/aromatic N) is 3. The Morgan fingerprint density at radius 3 is 2.42 bits per heavy atom. The molecule has 0 radical (unpaired) electrons. The lowest BCUT2D eigenvalue weighted by Gasteiger charge is -2.14. The first-order chi connectivity index (χ1) is 18.1. The molecule has 0 saturated carbocycles. The molecule has 14 heteroatoms. The minimum absolute atomic E-state index is 0.000465. The standard InChI is InChI=1S/C24H15Cl2N3O8S/c1-36-20-4-2-3-13(22(20)37-19-8-7-16(28(32)33)11-18(19)29(34)35)9-21-23(30)27(24(31)38-21)12-14-5-6-15(25)10-17(14)26/h2-11H,12H2,1H3/b21-9+. The van der Waals surface area contributed by atoms with Gasteiger partial charge in [0.25, 0.3) is 16.8 Å². The van der Waals surface area contributed by atoms with Crippen LogP contribution in [0.4, 0.5) is 16.2 Å². The normalized spacial score (nSPS) is 14.2. The molecular formula is C24H15Cl2N3O8S. The van der Waals surface area contributed by atoms with Crippen molar-refractivity contribution in [2.45, 2.75) is 6.54 Å². The number of hydrogen-bond donors (Lipinski definition) is 0. The van der Waals surface area contributed by atoms with Crippen molar-refractivity contribution in [3.05, 3.63) is 101 Å². The number of hydrogen-bond acceptors (Lipinski definition) is 9. The van der Waals surface area contributed by atoms with E-state index in [-0.39, 0.29) is 34.3 Å². The Kier molecular flexibility index (Phi) is 7.86. The summed E-state index contributed by atoms with van der Waals surface area (Å²) in [5.41, 5.74) is -0.336. The molecule has 2 amide bonds. The van der Waals surface area contributed by atoms with E-state index < -0.39 is 32.4 Å². The molecule has 0 atom stereocenters. The summed E-state index contributed by atoms with van der Waals surface area (Å²) in [6, 6.07) is 12.3. The smallest absolute Gasteiger partial charge is 0.318 e. The van der Waals surface area contributed by atoms with E-state index >= 15 is 0 Å². The third-order valence-corrected chi connectivity index (χ3v) is 6.79. The van der Waals surface area contributed by atoms with E-state index in [1.807, 2.05) is 0 Å². The zero-order valence-electron chi connectivity index (χ0n) is 19.3. The second kappa shape index (κ2) is 11.1. The molecular weight excluding hydrogens is 561 g/mol. The number of carbonyl (C=O) groups excluding carboxylic acids is 2. The van der Waals surface area contributed by atoms with Crippen LogP contribution in [-0.2, 0) is 11.3 Å². The molecule has 0 bridgehead atoms. The van der Waals surface area contributed by atoms with Crippen LogP contribution in [0.1, 0.15) is 11.1 Å². The summed E-state index contributed by atoms with van der Waals surface area (Å²) < 4.78 is 11.1. The molecule has 194 valence electrons. The number of non-ortho nitro benzene ring substituents is 1. The van der Waals surface area contributed by atoms with Crippen molar-refractivity contribution in [1.82, 2.24) is 4.90 Å². The fourth-order valence-electron chi connectivity index (χ4n) is 3.47. The van der Waals surface area contributed by atoms with Crippen LogP contribution in [0.25, 0.3) is 6.08 Å². The molecule has 11 nitrogen and oxygen atoms in total. The highest BCUT2D eigenvalue weighted by Crippen LogP contribution is 2.42. The lowest BCUT2D eigenvalue weighted by atomic mass is 10.1. The van der Waals surface area contributed by atoms with Gasteiger partial charge in [0.1, 0.15) is 0 Å². The molecule has 1 aliphatic heterocycles. The number of nitro groups is 2. The Bertz CT molecular complexity index is 1530. The summed E-state index contributed by atoms with van der Waals surface area (Å²) in [4.78, 5) is 47.9. The van der Waals surface area contributed by atoms with E-state index in [2.05, 4.69) is 0 Å². The molecule has 1 heterocycles. The van der Waals surface area contributed by atoms with Gasteiger partial charge in [-0.3, -0.25) is 34.7 Å². The first-order valence-corrected chi connectivity index (χ1v) is 12.1. The highest BCUT2D eigenvalue weighted by Gasteiger charge is 2.36. The number of benzene rings is 3. The van der Waals surface area contributed by atoms with Crippen LogP contribution in [0.2, 0.25) is 10.0 Å². The number of halogens is 2. The number of methoxy groups -OCH3 is 1. The third-order valence-electron chi connectivity index (χ3n) is 5.30. The predicted octanol–water partition coefficient (Wildman–Crippen LogP) is 6.85. The highest BCUT2D eigenvalue weighted by atomic mass is 35.5. The topological polar surface area (TPSA) is 142 Å². The molecule has 0 aliphatic carbocycles. The fourth-order valence-corrected chi connectivity index (χ4v) is 4.77. The lowest BCUT2D eigenvalue weighted by Crippen LogP contribution is -2.27. The zero-order valence-corrected chi connectivity index (χ0v) is 21.6. The Morgan fingerprint density at radius 2 is 1.76 bits per heavy atom. The van der Waals surface area contributed by atoms with E-state index in [0.29, 0.717) is 27.4 Å². The average molecular weight is 576 g/mol. The van der Waals surface area contributed by atoms with Gasteiger partial charge in [0.15, 0.2) is 11.5 Å². The summed E-state index contributed by atoms with van der Waals surface area (Å²) in [7, 11) is 1.35. The summed E-state index contributed by atoms with van der Waals surface area (Å²) in [5.74, 6) is -0.704. The van der Waals surface area contributed by atoms with E-state index in [9.17, 15) is 29.8 Å². The maximum absolute atomic E-state index is 13.1. The van der Waals surface area contributed by atoms with Gasteiger partial charge in [-0.05, 0) is 47.7 Å². The van der Waals surface area contributed by atoms with Gasteiger partial charge in [0.05, 0.1) is 34.5 Å². The molecule has 38 heavy (non-hydrogen) atoms. The van der Waals surface area contributed by atoms with Gasteiger partial charge in [0, 0.05) is 21.7 Å². The molecule has 3 aromatic carbocycles. The van der Waals surface area contributed by atoms with E-state index in [0.717, 1.165) is 23.1 Å². The number of thioether (sulfide) groups is 1. The molecule has 4 rings (SSSR count). The van der Waals surface area contributed by atoms with Crippen molar-refractivity contribution in [2.24, 2.45) is 0 Å². The molecule has 0 N–H and O–H groups in total. The second-order valence-electron chi connectivity index (χ2n) is 7.65. The number of amides is 2. The Labute approximate surface area is 228 Å². The van der Waals surface area contributed by atoms with Gasteiger partial charge in [-0.15, -0.1) is 0 Å². The zero-order chi connectivity index (χ0) is 27.6. The largest absolute Gasteiger partial charge is 0.493 e. The quantitative estimate of drug-likeness (QED) is 0.160. The van der Waals surface area contributed by atoms with Crippen molar-refractivity contribution in [1.29, 1.82) is 0 Å². The summed E-state index contributed by atoms with van der Waals surface area (Å²) in [6.45, 7) is -0.0749. The molecule has 3 aromatic rings. The van der Waals surface area contributed by atoms with Gasteiger partial charge in [-0.2, -0.15) is 0 Å². The summed E-state index contributed by atoms with van der Waals surface area (Å²) in [5, 5.41) is 22.8. The Morgan fingerprint density at radius 1 is 1.00 bits per heavy atom. The maximum atomic E-state index is 13.1. The van der Waals surface area contributed by atoms with Crippen molar-refractivity contribution in [3.63, 3.8) is 0 Å². The van der Waals surface area contributed by atoms with E-state index in [1.165, 1.54) is 25.3 Å². The van der Waals surface area contributed by atoms with Gasteiger partial charge < -0.3 is 9.47 Å². The average Bonchev–Trinajstić information content (AvgIpc) is 3.13. The number of nitro benzene ring substituents is 2. The molecule has 0 aromatic heterocycles. The van der Waals surface area contributed by atoms with Gasteiger partial charge in [-0.1, -0.05) is 41.4 Å². The lowest BCUT2D eigenvalue weighted by molar-refractivity contribution is -0.394. The van der Waals surface area contributed by atoms with Crippen LogP contribution >= 0.6 is 35.0 Å². The number of imide groups is 1. The molecule has 0 unspecified atom stereocenters. The van der Waals surface area contributed by atoms with Crippen molar-refractivity contribution >= 4 is 63.6 Å². The van der Waals surface area contributed by atoms with Crippen molar-refractivity contribution < 1.29 is 28.9 Å². The second-order valence-corrected chi connectivity index (χ2v) is 9.49. The van der Waals surface area contributed by atoms with Gasteiger partial charge in [0.2, 0.25) is 5.75 Å². The first kappa shape index (κ1) is 26.9. The molecule has 1 saturated heterocycles. The minimum Gasteiger partial charge on any atom is -0.493 e. The van der Waals surface area contributed by atoms with E-state index in [4.69, 9.17) is 32.7 Å². The molecule has 0 spiro atoms. The van der Waals surface area contributed by atoms with Crippen molar-refractivity contribution in [2.75, 3.05) is 7.11 Å². The first-order valence-electron chi connectivity index (χ1n) is 10.6. The number of para-hydroxylation sites is 1. The minimum atomic E-state index is -0.815. The summed E-state index contributed by atoms with van der Waals surface area (Å²) >= 11 is 12.8. The number of ether oxygens (including phenoxy) is 2. The van der Waals surface area contributed by atoms with Crippen LogP contribution < -0.4 is 9.47 Å². The van der Waals surface area contributed by atoms with Crippen LogP contribution in [0.15, 0.2) is 59.5 Å². The van der Waals surface area contributed by atoms with Crippen molar-refractivity contribution in [3.8, 4) is 17.2 Å². The molecule has 1 fully saturated rings.